The minimum Gasteiger partial charge on any atom is -0.266 e. The zero-order valence-corrected chi connectivity index (χ0v) is 16.6. The number of hydrogen-bond acceptors (Lipinski definition) is 5. The van der Waals surface area contributed by atoms with Crippen molar-refractivity contribution in [3.8, 4) is 0 Å². The van der Waals surface area contributed by atoms with Gasteiger partial charge in [0.05, 0.1) is 12.1 Å². The summed E-state index contributed by atoms with van der Waals surface area (Å²) in [5, 5.41) is 5.31. The van der Waals surface area contributed by atoms with Gasteiger partial charge in [-0.1, -0.05) is 48.0 Å². The molecule has 1 N–H and O–H groups in total. The Morgan fingerprint density at radius 1 is 1.00 bits per heavy atom. The topological polar surface area (TPSA) is 93.9 Å². The summed E-state index contributed by atoms with van der Waals surface area (Å²) in [5.74, 6) is -0.818. The van der Waals surface area contributed by atoms with Crippen molar-refractivity contribution in [2.45, 2.75) is 11.6 Å². The Hall–Kier alpha value is -3.23. The van der Waals surface area contributed by atoms with Crippen molar-refractivity contribution < 1.29 is 13.2 Å². The Kier molecular flexibility index (Phi) is 5.04. The first-order valence-electron chi connectivity index (χ1n) is 8.62. The number of carbonyl (C=O) groups excluding carboxylic acids is 1. The molecule has 0 saturated heterocycles. The zero-order valence-electron chi connectivity index (χ0n) is 15.0. The van der Waals surface area contributed by atoms with Crippen LogP contribution in [0, 0.1) is 0 Å². The maximum atomic E-state index is 12.7. The largest absolute Gasteiger partial charge is 0.286 e. The molecule has 0 aliphatic rings. The fourth-order valence-electron chi connectivity index (χ4n) is 2.91. The molecular formula is C20H15ClN4O3S. The molecule has 4 rings (SSSR count). The predicted molar refractivity (Wildman–Crippen MR) is 109 cm³/mol. The van der Waals surface area contributed by atoms with Gasteiger partial charge in [0, 0.05) is 16.6 Å². The normalized spacial score (nSPS) is 11.5. The third-order valence-corrected chi connectivity index (χ3v) is 5.76. The van der Waals surface area contributed by atoms with Crippen molar-refractivity contribution in [2.75, 3.05) is 0 Å². The SMILES string of the molecule is O=C(NS(=O)(=O)c1ccccn1)c1nn(Cc2ccc(Cl)cc2)c2ccccc12. The highest BCUT2D eigenvalue weighted by Crippen LogP contribution is 2.21. The van der Waals surface area contributed by atoms with E-state index in [4.69, 9.17) is 11.6 Å². The number of aromatic nitrogens is 3. The summed E-state index contributed by atoms with van der Waals surface area (Å²) in [4.78, 5) is 16.5. The van der Waals surface area contributed by atoms with Crippen LogP contribution >= 0.6 is 11.6 Å². The summed E-state index contributed by atoms with van der Waals surface area (Å²) in [6.45, 7) is 0.401. The van der Waals surface area contributed by atoms with Gasteiger partial charge in [0.2, 0.25) is 0 Å². The van der Waals surface area contributed by atoms with E-state index in [9.17, 15) is 13.2 Å². The van der Waals surface area contributed by atoms with Crippen LogP contribution in [0.15, 0.2) is 78.0 Å². The second-order valence-corrected chi connectivity index (χ2v) is 8.32. The lowest BCUT2D eigenvalue weighted by Crippen LogP contribution is -2.31. The van der Waals surface area contributed by atoms with Crippen LogP contribution in [0.4, 0.5) is 0 Å². The number of para-hydroxylation sites is 1. The van der Waals surface area contributed by atoms with Crippen molar-refractivity contribution >= 4 is 38.4 Å². The molecule has 2 aromatic heterocycles. The number of halogens is 1. The molecule has 4 aromatic rings. The number of sulfonamides is 1. The zero-order chi connectivity index (χ0) is 20.4. The predicted octanol–water partition coefficient (Wildman–Crippen LogP) is 3.25. The first-order valence-corrected chi connectivity index (χ1v) is 10.5. The maximum Gasteiger partial charge on any atom is 0.286 e. The number of amides is 1. The fourth-order valence-corrected chi connectivity index (χ4v) is 3.94. The van der Waals surface area contributed by atoms with Gasteiger partial charge < -0.3 is 0 Å². The molecule has 146 valence electrons. The molecular weight excluding hydrogens is 412 g/mol. The third kappa shape index (κ3) is 3.98. The molecule has 0 radical (unpaired) electrons. The van der Waals surface area contributed by atoms with Crippen LogP contribution in [0.5, 0.6) is 0 Å². The van der Waals surface area contributed by atoms with Gasteiger partial charge in [0.15, 0.2) is 10.7 Å². The number of benzene rings is 2. The number of pyridine rings is 1. The molecule has 0 atom stereocenters. The molecule has 0 saturated carbocycles. The summed E-state index contributed by atoms with van der Waals surface area (Å²) in [7, 11) is -4.11. The molecule has 0 bridgehead atoms. The second-order valence-electron chi connectivity index (χ2n) is 6.25. The van der Waals surface area contributed by atoms with Gasteiger partial charge in [-0.25, -0.2) is 9.71 Å². The molecule has 2 aromatic carbocycles. The molecule has 9 heteroatoms. The number of rotatable bonds is 5. The van der Waals surface area contributed by atoms with Crippen molar-refractivity contribution in [3.05, 3.63) is 89.2 Å². The quantitative estimate of drug-likeness (QED) is 0.528. The average Bonchev–Trinajstić information content (AvgIpc) is 3.09. The Morgan fingerprint density at radius 2 is 1.72 bits per heavy atom. The molecule has 0 spiro atoms. The monoisotopic (exact) mass is 426 g/mol. The van der Waals surface area contributed by atoms with E-state index in [0.29, 0.717) is 22.5 Å². The molecule has 1 amide bonds. The first kappa shape index (κ1) is 19.1. The number of fused-ring (bicyclic) bond motifs is 1. The van der Waals surface area contributed by atoms with Crippen molar-refractivity contribution in [2.24, 2.45) is 0 Å². The van der Waals surface area contributed by atoms with Crippen LogP contribution in [0.3, 0.4) is 0 Å². The van der Waals surface area contributed by atoms with Crippen LogP contribution < -0.4 is 4.72 Å². The van der Waals surface area contributed by atoms with Gasteiger partial charge in [0.1, 0.15) is 0 Å². The molecule has 0 aliphatic carbocycles. The molecule has 2 heterocycles. The lowest BCUT2D eigenvalue weighted by atomic mass is 10.2. The third-order valence-electron chi connectivity index (χ3n) is 4.26. The van der Waals surface area contributed by atoms with E-state index in [1.807, 2.05) is 29.0 Å². The number of hydrogen-bond donors (Lipinski definition) is 1. The summed E-state index contributed by atoms with van der Waals surface area (Å²) in [6, 6.07) is 18.8. The van der Waals surface area contributed by atoms with E-state index < -0.39 is 15.9 Å². The van der Waals surface area contributed by atoms with Gasteiger partial charge in [0.25, 0.3) is 15.9 Å². The average molecular weight is 427 g/mol. The van der Waals surface area contributed by atoms with E-state index in [1.54, 1.807) is 35.0 Å². The minimum atomic E-state index is -4.11. The standard InChI is InChI=1S/C20H15ClN4O3S/c21-15-10-8-14(9-11-15)13-25-17-6-2-1-5-16(17)19(23-25)20(26)24-29(27,28)18-7-3-4-12-22-18/h1-12H,13H2,(H,24,26). The Morgan fingerprint density at radius 3 is 2.45 bits per heavy atom. The molecule has 7 nitrogen and oxygen atoms in total. The highest BCUT2D eigenvalue weighted by atomic mass is 35.5. The summed E-state index contributed by atoms with van der Waals surface area (Å²) < 4.78 is 28.6. The summed E-state index contributed by atoms with van der Waals surface area (Å²) >= 11 is 5.93. The molecule has 0 aliphatic heterocycles. The van der Waals surface area contributed by atoms with Crippen molar-refractivity contribution in [3.63, 3.8) is 0 Å². The van der Waals surface area contributed by atoms with Gasteiger partial charge in [-0.2, -0.15) is 13.5 Å². The van der Waals surface area contributed by atoms with Crippen LogP contribution in [0.2, 0.25) is 5.02 Å². The smallest absolute Gasteiger partial charge is 0.266 e. The maximum absolute atomic E-state index is 12.7. The first-order chi connectivity index (χ1) is 13.9. The van der Waals surface area contributed by atoms with Crippen molar-refractivity contribution in [1.29, 1.82) is 0 Å². The number of nitrogens with one attached hydrogen (secondary N) is 1. The number of carbonyl (C=O) groups is 1. The second kappa shape index (κ2) is 7.65. The van der Waals surface area contributed by atoms with Gasteiger partial charge >= 0.3 is 0 Å². The minimum absolute atomic E-state index is 0.0223. The summed E-state index contributed by atoms with van der Waals surface area (Å²) in [5.41, 5.74) is 1.67. The Balaban J connectivity index is 1.69. The highest BCUT2D eigenvalue weighted by Gasteiger charge is 2.24. The van der Waals surface area contributed by atoms with E-state index in [0.717, 1.165) is 5.56 Å². The van der Waals surface area contributed by atoms with E-state index >= 15 is 0 Å². The molecule has 0 unspecified atom stereocenters. The van der Waals surface area contributed by atoms with Gasteiger partial charge in [-0.15, -0.1) is 0 Å². The number of nitrogens with zero attached hydrogens (tertiary/aromatic N) is 3. The molecule has 0 fully saturated rings. The molecule has 29 heavy (non-hydrogen) atoms. The Labute approximate surface area is 172 Å². The lowest BCUT2D eigenvalue weighted by molar-refractivity contribution is 0.0977. The van der Waals surface area contributed by atoms with Crippen LogP contribution in [0.25, 0.3) is 10.9 Å². The van der Waals surface area contributed by atoms with Gasteiger partial charge in [-0.3, -0.25) is 9.48 Å². The van der Waals surface area contributed by atoms with E-state index in [-0.39, 0.29) is 10.7 Å². The fraction of sp³-hybridized carbons (Fsp3) is 0.0500. The Bertz CT molecular complexity index is 1290. The summed E-state index contributed by atoms with van der Waals surface area (Å²) in [6.07, 6.45) is 1.34. The highest BCUT2D eigenvalue weighted by molar-refractivity contribution is 7.90. The van der Waals surface area contributed by atoms with Crippen LogP contribution in [-0.2, 0) is 16.6 Å². The van der Waals surface area contributed by atoms with E-state index in [1.165, 1.54) is 18.3 Å². The van der Waals surface area contributed by atoms with Crippen LogP contribution in [-0.4, -0.2) is 29.1 Å². The van der Waals surface area contributed by atoms with Gasteiger partial charge in [-0.05, 0) is 35.9 Å². The lowest BCUT2D eigenvalue weighted by Gasteiger charge is -2.05. The van der Waals surface area contributed by atoms with Crippen molar-refractivity contribution in [1.82, 2.24) is 19.5 Å². The van der Waals surface area contributed by atoms with Crippen LogP contribution in [0.1, 0.15) is 16.1 Å². The van der Waals surface area contributed by atoms with E-state index in [2.05, 4.69) is 10.1 Å².